The van der Waals surface area contributed by atoms with Crippen LogP contribution in [0.1, 0.15) is 10.4 Å². The number of nitrogens with one attached hydrogen (secondary N) is 1. The fourth-order valence-electron chi connectivity index (χ4n) is 0.808. The van der Waals surface area contributed by atoms with E-state index in [9.17, 15) is 9.90 Å². The van der Waals surface area contributed by atoms with Gasteiger partial charge < -0.3 is 5.11 Å². The molecule has 1 aromatic rings. The van der Waals surface area contributed by atoms with Crippen LogP contribution in [0.3, 0.4) is 0 Å². The maximum Gasteiger partial charge on any atom is 0.268 e. The average molecular weight is 288 g/mol. The van der Waals surface area contributed by atoms with Gasteiger partial charge in [-0.05, 0) is 40.8 Å². The normalized spacial score (nSPS) is 8.92. The van der Waals surface area contributed by atoms with Crippen LogP contribution in [-0.2, 0) is 0 Å². The first-order valence-electron chi connectivity index (χ1n) is 3.33. The van der Waals surface area contributed by atoms with E-state index in [2.05, 4.69) is 0 Å². The molecule has 0 aromatic heterocycles. The molecule has 0 aliphatic carbocycles. The SMILES string of the molecule is N#CNC(=O)c1cc(I)ccc1O. The van der Waals surface area contributed by atoms with Crippen molar-refractivity contribution in [3.63, 3.8) is 0 Å². The number of phenols is 1. The summed E-state index contributed by atoms with van der Waals surface area (Å²) in [6.07, 6.45) is 1.50. The number of amides is 1. The first-order valence-corrected chi connectivity index (χ1v) is 4.41. The van der Waals surface area contributed by atoms with Crippen LogP contribution in [0.5, 0.6) is 5.75 Å². The Morgan fingerprint density at radius 2 is 2.31 bits per heavy atom. The predicted molar refractivity (Wildman–Crippen MR) is 53.9 cm³/mol. The van der Waals surface area contributed by atoms with E-state index in [-0.39, 0.29) is 11.3 Å². The minimum absolute atomic E-state index is 0.105. The smallest absolute Gasteiger partial charge is 0.268 e. The summed E-state index contributed by atoms with van der Waals surface area (Å²) in [6.45, 7) is 0. The van der Waals surface area contributed by atoms with E-state index >= 15 is 0 Å². The van der Waals surface area contributed by atoms with Crippen molar-refractivity contribution in [2.75, 3.05) is 0 Å². The van der Waals surface area contributed by atoms with Gasteiger partial charge in [-0.2, -0.15) is 5.26 Å². The van der Waals surface area contributed by atoms with Gasteiger partial charge in [-0.1, -0.05) is 0 Å². The van der Waals surface area contributed by atoms with E-state index in [0.717, 1.165) is 3.57 Å². The number of carbonyl (C=O) groups is 1. The number of nitriles is 1. The molecule has 0 aliphatic rings. The largest absolute Gasteiger partial charge is 0.507 e. The molecule has 0 atom stereocenters. The molecular weight excluding hydrogens is 283 g/mol. The van der Waals surface area contributed by atoms with Crippen LogP contribution in [-0.4, -0.2) is 11.0 Å². The van der Waals surface area contributed by atoms with E-state index in [0.29, 0.717) is 0 Å². The Hall–Kier alpha value is -1.29. The Kier molecular flexibility index (Phi) is 3.08. The molecule has 0 saturated heterocycles. The number of hydrogen-bond donors (Lipinski definition) is 2. The minimum atomic E-state index is -0.599. The highest BCUT2D eigenvalue weighted by Gasteiger charge is 2.10. The van der Waals surface area contributed by atoms with Crippen LogP contribution < -0.4 is 5.32 Å². The van der Waals surface area contributed by atoms with Crippen molar-refractivity contribution >= 4 is 28.5 Å². The molecule has 66 valence electrons. The second-order valence-electron chi connectivity index (χ2n) is 2.23. The quantitative estimate of drug-likeness (QED) is 0.463. The van der Waals surface area contributed by atoms with Crippen molar-refractivity contribution in [3.8, 4) is 11.9 Å². The van der Waals surface area contributed by atoms with Gasteiger partial charge in [0, 0.05) is 3.57 Å². The Balaban J connectivity index is 3.07. The van der Waals surface area contributed by atoms with Gasteiger partial charge >= 0.3 is 0 Å². The van der Waals surface area contributed by atoms with Crippen LogP contribution >= 0.6 is 22.6 Å². The van der Waals surface area contributed by atoms with Gasteiger partial charge in [-0.15, -0.1) is 0 Å². The molecule has 0 unspecified atom stereocenters. The Morgan fingerprint density at radius 3 is 2.92 bits per heavy atom. The zero-order chi connectivity index (χ0) is 9.84. The van der Waals surface area contributed by atoms with E-state index in [4.69, 9.17) is 5.26 Å². The number of aromatic hydroxyl groups is 1. The van der Waals surface area contributed by atoms with Crippen molar-refractivity contribution < 1.29 is 9.90 Å². The summed E-state index contributed by atoms with van der Waals surface area (Å²) in [5, 5.41) is 19.4. The molecule has 0 saturated carbocycles. The number of benzene rings is 1. The maximum absolute atomic E-state index is 11.1. The standard InChI is InChI=1S/C8H5IN2O2/c9-5-1-2-7(12)6(3-5)8(13)11-4-10/h1-3,12H,(H,11,13). The molecular formula is C8H5IN2O2. The second kappa shape index (κ2) is 4.09. The highest BCUT2D eigenvalue weighted by Crippen LogP contribution is 2.19. The van der Waals surface area contributed by atoms with E-state index in [1.165, 1.54) is 18.3 Å². The molecule has 0 fully saturated rings. The summed E-state index contributed by atoms with van der Waals surface area (Å²) in [4.78, 5) is 11.1. The number of halogens is 1. The Labute approximate surface area is 88.3 Å². The molecule has 1 amide bonds. The number of nitrogens with zero attached hydrogens (tertiary/aromatic N) is 1. The third kappa shape index (κ3) is 2.32. The average Bonchev–Trinajstić information content (AvgIpc) is 2.09. The van der Waals surface area contributed by atoms with Gasteiger partial charge in [0.2, 0.25) is 0 Å². The summed E-state index contributed by atoms with van der Waals surface area (Å²) >= 11 is 2.01. The van der Waals surface area contributed by atoms with Gasteiger partial charge in [0.1, 0.15) is 5.75 Å². The number of hydrogen-bond acceptors (Lipinski definition) is 3. The van der Waals surface area contributed by atoms with Crippen molar-refractivity contribution in [2.24, 2.45) is 0 Å². The van der Waals surface area contributed by atoms with E-state index in [1.54, 1.807) is 6.07 Å². The number of phenolic OH excluding ortho intramolecular Hbond substituents is 1. The first kappa shape index (κ1) is 9.80. The number of carbonyl (C=O) groups excluding carboxylic acids is 1. The van der Waals surface area contributed by atoms with Crippen LogP contribution in [0, 0.1) is 15.0 Å². The zero-order valence-corrected chi connectivity index (χ0v) is 8.57. The minimum Gasteiger partial charge on any atom is -0.507 e. The van der Waals surface area contributed by atoms with Gasteiger partial charge in [-0.3, -0.25) is 10.1 Å². The lowest BCUT2D eigenvalue weighted by Crippen LogP contribution is -2.17. The molecule has 0 radical (unpaired) electrons. The summed E-state index contributed by atoms with van der Waals surface area (Å²) in [5.74, 6) is -0.730. The summed E-state index contributed by atoms with van der Waals surface area (Å²) < 4.78 is 0.818. The summed E-state index contributed by atoms with van der Waals surface area (Å²) in [6, 6.07) is 4.58. The van der Waals surface area contributed by atoms with Crippen molar-refractivity contribution in [2.45, 2.75) is 0 Å². The highest BCUT2D eigenvalue weighted by molar-refractivity contribution is 14.1. The molecule has 1 rings (SSSR count). The molecule has 0 aliphatic heterocycles. The third-order valence-electron chi connectivity index (χ3n) is 1.37. The topological polar surface area (TPSA) is 73.1 Å². The van der Waals surface area contributed by atoms with E-state index in [1.807, 2.05) is 27.9 Å². The molecule has 1 aromatic carbocycles. The van der Waals surface area contributed by atoms with Crippen molar-refractivity contribution in [3.05, 3.63) is 27.3 Å². The van der Waals surface area contributed by atoms with Gasteiger partial charge in [0.25, 0.3) is 5.91 Å². The molecule has 5 heteroatoms. The lowest BCUT2D eigenvalue weighted by molar-refractivity contribution is 0.0970. The van der Waals surface area contributed by atoms with Gasteiger partial charge in [-0.25, -0.2) is 0 Å². The van der Waals surface area contributed by atoms with Crippen molar-refractivity contribution in [1.82, 2.24) is 5.32 Å². The third-order valence-corrected chi connectivity index (χ3v) is 2.04. The van der Waals surface area contributed by atoms with Crippen LogP contribution in [0.25, 0.3) is 0 Å². The zero-order valence-electron chi connectivity index (χ0n) is 6.41. The molecule has 4 nitrogen and oxygen atoms in total. The Morgan fingerprint density at radius 1 is 1.62 bits per heavy atom. The fourth-order valence-corrected chi connectivity index (χ4v) is 1.30. The van der Waals surface area contributed by atoms with Gasteiger partial charge in [0.05, 0.1) is 5.56 Å². The lowest BCUT2D eigenvalue weighted by atomic mass is 10.2. The van der Waals surface area contributed by atoms with Crippen molar-refractivity contribution in [1.29, 1.82) is 5.26 Å². The molecule has 13 heavy (non-hydrogen) atoms. The summed E-state index contributed by atoms with van der Waals surface area (Å²) in [7, 11) is 0. The second-order valence-corrected chi connectivity index (χ2v) is 3.47. The van der Waals surface area contributed by atoms with Gasteiger partial charge in [0.15, 0.2) is 6.19 Å². The van der Waals surface area contributed by atoms with Crippen LogP contribution in [0.2, 0.25) is 0 Å². The highest BCUT2D eigenvalue weighted by atomic mass is 127. The first-order chi connectivity index (χ1) is 6.15. The predicted octanol–water partition coefficient (Wildman–Crippen LogP) is 1.21. The lowest BCUT2D eigenvalue weighted by Gasteiger charge is -2.01. The fraction of sp³-hybridized carbons (Fsp3) is 0. The van der Waals surface area contributed by atoms with Crippen LogP contribution in [0.15, 0.2) is 18.2 Å². The maximum atomic E-state index is 11.1. The van der Waals surface area contributed by atoms with Crippen LogP contribution in [0.4, 0.5) is 0 Å². The number of rotatable bonds is 1. The molecule has 0 spiro atoms. The monoisotopic (exact) mass is 288 g/mol. The molecule has 2 N–H and O–H groups in total. The molecule has 0 heterocycles. The summed E-state index contributed by atoms with van der Waals surface area (Å²) in [5.41, 5.74) is 0.105. The molecule has 0 bridgehead atoms. The Bertz CT molecular complexity index is 384. The van der Waals surface area contributed by atoms with E-state index < -0.39 is 5.91 Å².